The zero-order valence-corrected chi connectivity index (χ0v) is 13.2. The molecule has 1 aliphatic carbocycles. The van der Waals surface area contributed by atoms with Gasteiger partial charge in [-0.3, -0.25) is 0 Å². The van der Waals surface area contributed by atoms with Gasteiger partial charge >= 0.3 is 0 Å². The Kier molecular flexibility index (Phi) is 5.04. The molecule has 1 heterocycles. The fourth-order valence-electron chi connectivity index (χ4n) is 3.20. The van der Waals surface area contributed by atoms with E-state index in [1.165, 1.54) is 17.7 Å². The number of likely N-dealkylation sites (N-methyl/N-ethyl adjacent to an activating group) is 1. The van der Waals surface area contributed by atoms with Gasteiger partial charge in [-0.15, -0.1) is 11.3 Å². The molecule has 1 fully saturated rings. The van der Waals surface area contributed by atoms with E-state index in [4.69, 9.17) is 0 Å². The highest BCUT2D eigenvalue weighted by Gasteiger charge is 2.37. The molecule has 2 nitrogen and oxygen atoms in total. The van der Waals surface area contributed by atoms with Crippen LogP contribution in [0, 0.1) is 11.3 Å². The van der Waals surface area contributed by atoms with Gasteiger partial charge in [0.25, 0.3) is 0 Å². The van der Waals surface area contributed by atoms with Crippen LogP contribution in [0.25, 0.3) is 0 Å². The second-order valence-electron chi connectivity index (χ2n) is 6.68. The summed E-state index contributed by atoms with van der Waals surface area (Å²) in [4.78, 5) is 3.84. The number of aliphatic hydroxyl groups excluding tert-OH is 1. The van der Waals surface area contributed by atoms with Gasteiger partial charge in [0.1, 0.15) is 0 Å². The fraction of sp³-hybridized carbons (Fsp3) is 0.750. The predicted molar refractivity (Wildman–Crippen MR) is 82.6 cm³/mol. The molecule has 1 aromatic rings. The van der Waals surface area contributed by atoms with Crippen LogP contribution in [0.15, 0.2) is 17.5 Å². The van der Waals surface area contributed by atoms with Crippen molar-refractivity contribution in [1.82, 2.24) is 4.90 Å². The summed E-state index contributed by atoms with van der Waals surface area (Å²) in [6.07, 6.45) is 4.57. The van der Waals surface area contributed by atoms with Gasteiger partial charge in [0.2, 0.25) is 0 Å². The summed E-state index contributed by atoms with van der Waals surface area (Å²) in [6, 6.07) is 4.32. The maximum atomic E-state index is 10.5. The largest absolute Gasteiger partial charge is 0.392 e. The number of thiophene rings is 1. The highest BCUT2D eigenvalue weighted by molar-refractivity contribution is 7.09. The molecule has 0 aromatic carbocycles. The molecule has 2 rings (SSSR count). The summed E-state index contributed by atoms with van der Waals surface area (Å²) >= 11 is 1.84. The molecule has 0 aliphatic heterocycles. The number of aliphatic hydroxyl groups is 1. The molecule has 0 radical (unpaired) electrons. The van der Waals surface area contributed by atoms with Gasteiger partial charge in [-0.2, -0.15) is 0 Å². The molecule has 1 aromatic heterocycles. The van der Waals surface area contributed by atoms with E-state index in [0.29, 0.717) is 5.92 Å². The van der Waals surface area contributed by atoms with E-state index in [1.54, 1.807) is 0 Å². The Bertz CT molecular complexity index is 374. The fourth-order valence-corrected chi connectivity index (χ4v) is 3.90. The molecule has 1 N–H and O–H groups in total. The van der Waals surface area contributed by atoms with E-state index < -0.39 is 0 Å². The van der Waals surface area contributed by atoms with E-state index in [-0.39, 0.29) is 11.5 Å². The van der Waals surface area contributed by atoms with Crippen molar-refractivity contribution in [1.29, 1.82) is 0 Å². The Hall–Kier alpha value is -0.380. The molecule has 1 aliphatic rings. The summed E-state index contributed by atoms with van der Waals surface area (Å²) < 4.78 is 0. The summed E-state index contributed by atoms with van der Waals surface area (Å²) in [7, 11) is 2.18. The Balaban J connectivity index is 1.79. The molecule has 19 heavy (non-hydrogen) atoms. The minimum absolute atomic E-state index is 0.0948. The summed E-state index contributed by atoms with van der Waals surface area (Å²) in [5.41, 5.74) is 0.0948. The summed E-state index contributed by atoms with van der Waals surface area (Å²) in [5, 5.41) is 12.6. The number of hydrogen-bond donors (Lipinski definition) is 1. The molecule has 0 spiro atoms. The van der Waals surface area contributed by atoms with E-state index in [0.717, 1.165) is 25.9 Å². The Labute approximate surface area is 121 Å². The van der Waals surface area contributed by atoms with Gasteiger partial charge in [0, 0.05) is 18.0 Å². The summed E-state index contributed by atoms with van der Waals surface area (Å²) in [5.74, 6) is 0.442. The van der Waals surface area contributed by atoms with E-state index >= 15 is 0 Å². The van der Waals surface area contributed by atoms with Crippen molar-refractivity contribution in [2.24, 2.45) is 11.3 Å². The molecule has 108 valence electrons. The lowest BCUT2D eigenvalue weighted by atomic mass is 9.69. The average Bonchev–Trinajstić information content (AvgIpc) is 2.85. The predicted octanol–water partition coefficient (Wildman–Crippen LogP) is 3.41. The first-order valence-corrected chi connectivity index (χ1v) is 8.26. The molecule has 0 bridgehead atoms. The van der Waals surface area contributed by atoms with E-state index in [9.17, 15) is 5.11 Å². The van der Waals surface area contributed by atoms with Crippen LogP contribution in [-0.2, 0) is 6.42 Å². The van der Waals surface area contributed by atoms with Crippen LogP contribution in [0.5, 0.6) is 0 Å². The van der Waals surface area contributed by atoms with Gasteiger partial charge in [-0.05, 0) is 49.1 Å². The zero-order chi connectivity index (χ0) is 13.9. The Morgan fingerprint density at radius 2 is 2.26 bits per heavy atom. The van der Waals surface area contributed by atoms with Crippen molar-refractivity contribution in [3.63, 3.8) is 0 Å². The Morgan fingerprint density at radius 1 is 1.47 bits per heavy atom. The van der Waals surface area contributed by atoms with Crippen LogP contribution < -0.4 is 0 Å². The highest BCUT2D eigenvalue weighted by Crippen LogP contribution is 2.39. The van der Waals surface area contributed by atoms with Crippen LogP contribution in [0.2, 0.25) is 0 Å². The Morgan fingerprint density at radius 3 is 2.95 bits per heavy atom. The topological polar surface area (TPSA) is 23.5 Å². The van der Waals surface area contributed by atoms with Crippen LogP contribution in [0.1, 0.15) is 38.0 Å². The third-order valence-electron chi connectivity index (χ3n) is 4.51. The van der Waals surface area contributed by atoms with Crippen molar-refractivity contribution in [2.45, 2.75) is 45.6 Å². The standard InChI is InChI=1S/C16H27NOS/c1-16(2)9-4-6-13(15(16)18)12-17(3)10-8-14-7-5-11-19-14/h5,7,11,13,15,18H,4,6,8-10,12H2,1-3H3. The first kappa shape index (κ1) is 15.0. The van der Waals surface area contributed by atoms with Crippen LogP contribution in [0.3, 0.4) is 0 Å². The monoisotopic (exact) mass is 281 g/mol. The highest BCUT2D eigenvalue weighted by atomic mass is 32.1. The lowest BCUT2D eigenvalue weighted by Crippen LogP contribution is -2.44. The first-order chi connectivity index (χ1) is 8.99. The number of rotatable bonds is 5. The van der Waals surface area contributed by atoms with Crippen molar-refractivity contribution in [2.75, 3.05) is 20.1 Å². The van der Waals surface area contributed by atoms with Crippen molar-refractivity contribution in [3.8, 4) is 0 Å². The van der Waals surface area contributed by atoms with Crippen molar-refractivity contribution < 1.29 is 5.11 Å². The maximum absolute atomic E-state index is 10.5. The van der Waals surface area contributed by atoms with E-state index in [2.05, 4.69) is 43.3 Å². The van der Waals surface area contributed by atoms with Crippen LogP contribution >= 0.6 is 11.3 Å². The van der Waals surface area contributed by atoms with Gasteiger partial charge in [-0.25, -0.2) is 0 Å². The average molecular weight is 281 g/mol. The molecule has 3 heteroatoms. The van der Waals surface area contributed by atoms with Crippen molar-refractivity contribution >= 4 is 11.3 Å². The van der Waals surface area contributed by atoms with Gasteiger partial charge in [0.15, 0.2) is 0 Å². The third-order valence-corrected chi connectivity index (χ3v) is 5.45. The molecular formula is C16H27NOS. The third kappa shape index (κ3) is 4.04. The maximum Gasteiger partial charge on any atom is 0.0631 e. The zero-order valence-electron chi connectivity index (χ0n) is 12.4. The quantitative estimate of drug-likeness (QED) is 0.894. The molecule has 2 atom stereocenters. The lowest BCUT2D eigenvalue weighted by Gasteiger charge is -2.42. The normalized spacial score (nSPS) is 26.8. The minimum Gasteiger partial charge on any atom is -0.392 e. The van der Waals surface area contributed by atoms with E-state index in [1.807, 2.05) is 11.3 Å². The van der Waals surface area contributed by atoms with Crippen LogP contribution in [-0.4, -0.2) is 36.2 Å². The van der Waals surface area contributed by atoms with Gasteiger partial charge < -0.3 is 10.0 Å². The van der Waals surface area contributed by atoms with Gasteiger partial charge in [-0.1, -0.05) is 26.3 Å². The van der Waals surface area contributed by atoms with Gasteiger partial charge in [0.05, 0.1) is 6.10 Å². The summed E-state index contributed by atoms with van der Waals surface area (Å²) in [6.45, 7) is 6.52. The number of hydrogen-bond acceptors (Lipinski definition) is 3. The molecule has 0 saturated heterocycles. The smallest absolute Gasteiger partial charge is 0.0631 e. The molecule has 2 unspecified atom stereocenters. The SMILES string of the molecule is CN(CCc1cccs1)CC1CCCC(C)(C)C1O. The second-order valence-corrected chi connectivity index (χ2v) is 7.71. The lowest BCUT2D eigenvalue weighted by molar-refractivity contribution is -0.0407. The first-order valence-electron chi connectivity index (χ1n) is 7.38. The second kappa shape index (κ2) is 6.38. The molecular weight excluding hydrogens is 254 g/mol. The van der Waals surface area contributed by atoms with Crippen molar-refractivity contribution in [3.05, 3.63) is 22.4 Å². The van der Waals surface area contributed by atoms with Crippen LogP contribution in [0.4, 0.5) is 0 Å². The minimum atomic E-state index is -0.148. The molecule has 1 saturated carbocycles. The molecule has 0 amide bonds. The number of nitrogens with zero attached hydrogens (tertiary/aromatic N) is 1.